The van der Waals surface area contributed by atoms with E-state index in [2.05, 4.69) is 9.88 Å². The number of hydrogen-bond donors (Lipinski definition) is 0. The fourth-order valence-electron chi connectivity index (χ4n) is 2.75. The SMILES string of the molecule is O=c1cc(CN(Cc2ccco2)C2CC2)nc2ccccn12. The average Bonchev–Trinajstić information content (AvgIpc) is 3.25. The van der Waals surface area contributed by atoms with Crippen LogP contribution in [0.3, 0.4) is 0 Å². The second-order valence-corrected chi connectivity index (χ2v) is 5.73. The Balaban J connectivity index is 1.62. The van der Waals surface area contributed by atoms with Gasteiger partial charge < -0.3 is 4.42 Å². The molecule has 112 valence electrons. The molecule has 1 aliphatic carbocycles. The van der Waals surface area contributed by atoms with Crippen molar-refractivity contribution in [2.45, 2.75) is 32.0 Å². The van der Waals surface area contributed by atoms with E-state index in [4.69, 9.17) is 4.42 Å². The molecular weight excluding hydrogens is 278 g/mol. The molecular formula is C17H17N3O2. The van der Waals surface area contributed by atoms with Crippen LogP contribution in [0.2, 0.25) is 0 Å². The molecule has 22 heavy (non-hydrogen) atoms. The lowest BCUT2D eigenvalue weighted by atomic mass is 10.3. The molecule has 0 aromatic carbocycles. The number of rotatable bonds is 5. The van der Waals surface area contributed by atoms with Crippen molar-refractivity contribution in [3.63, 3.8) is 0 Å². The summed E-state index contributed by atoms with van der Waals surface area (Å²) in [6, 6.07) is 11.7. The number of nitrogens with zero attached hydrogens (tertiary/aromatic N) is 3. The van der Waals surface area contributed by atoms with Crippen LogP contribution in [0, 0.1) is 0 Å². The monoisotopic (exact) mass is 295 g/mol. The van der Waals surface area contributed by atoms with Crippen molar-refractivity contribution in [1.29, 1.82) is 0 Å². The normalized spacial score (nSPS) is 14.8. The summed E-state index contributed by atoms with van der Waals surface area (Å²) in [4.78, 5) is 19.1. The quantitative estimate of drug-likeness (QED) is 0.725. The van der Waals surface area contributed by atoms with Crippen molar-refractivity contribution in [1.82, 2.24) is 14.3 Å². The van der Waals surface area contributed by atoms with Gasteiger partial charge in [0.15, 0.2) is 0 Å². The van der Waals surface area contributed by atoms with Gasteiger partial charge in [0.2, 0.25) is 0 Å². The molecule has 0 spiro atoms. The van der Waals surface area contributed by atoms with Gasteiger partial charge in [-0.05, 0) is 37.1 Å². The van der Waals surface area contributed by atoms with E-state index in [1.807, 2.05) is 30.3 Å². The summed E-state index contributed by atoms with van der Waals surface area (Å²) in [6.45, 7) is 1.43. The molecule has 0 saturated heterocycles. The highest BCUT2D eigenvalue weighted by Gasteiger charge is 2.29. The molecule has 0 atom stereocenters. The van der Waals surface area contributed by atoms with E-state index in [1.165, 1.54) is 12.8 Å². The molecule has 0 N–H and O–H groups in total. The molecule has 0 bridgehead atoms. The zero-order chi connectivity index (χ0) is 14.9. The lowest BCUT2D eigenvalue weighted by molar-refractivity contribution is 0.222. The number of furan rings is 1. The third-order valence-corrected chi connectivity index (χ3v) is 3.99. The Morgan fingerprint density at radius 3 is 2.91 bits per heavy atom. The Morgan fingerprint density at radius 2 is 2.14 bits per heavy atom. The fraction of sp³-hybridized carbons (Fsp3) is 0.294. The van der Waals surface area contributed by atoms with Crippen LogP contribution in [0.1, 0.15) is 24.3 Å². The highest BCUT2D eigenvalue weighted by atomic mass is 16.3. The second-order valence-electron chi connectivity index (χ2n) is 5.73. The van der Waals surface area contributed by atoms with Crippen molar-refractivity contribution < 1.29 is 4.42 Å². The van der Waals surface area contributed by atoms with Crippen molar-refractivity contribution in [2.75, 3.05) is 0 Å². The molecule has 5 nitrogen and oxygen atoms in total. The van der Waals surface area contributed by atoms with E-state index in [-0.39, 0.29) is 5.56 Å². The lowest BCUT2D eigenvalue weighted by Crippen LogP contribution is -2.27. The highest BCUT2D eigenvalue weighted by molar-refractivity contribution is 5.38. The topological polar surface area (TPSA) is 50.8 Å². The van der Waals surface area contributed by atoms with Crippen molar-refractivity contribution >= 4 is 5.65 Å². The minimum absolute atomic E-state index is 0.0330. The van der Waals surface area contributed by atoms with Crippen LogP contribution in [0.4, 0.5) is 0 Å². The minimum Gasteiger partial charge on any atom is -0.468 e. The van der Waals surface area contributed by atoms with E-state index >= 15 is 0 Å². The molecule has 1 aliphatic rings. The van der Waals surface area contributed by atoms with E-state index in [9.17, 15) is 4.79 Å². The maximum atomic E-state index is 12.2. The van der Waals surface area contributed by atoms with Gasteiger partial charge in [0.05, 0.1) is 18.5 Å². The largest absolute Gasteiger partial charge is 0.468 e. The Bertz CT molecular complexity index is 834. The van der Waals surface area contributed by atoms with Gasteiger partial charge in [0, 0.05) is 24.8 Å². The number of hydrogen-bond acceptors (Lipinski definition) is 4. The predicted octanol–water partition coefficient (Wildman–Crippen LogP) is 2.45. The molecule has 1 fully saturated rings. The van der Waals surface area contributed by atoms with E-state index < -0.39 is 0 Å². The second kappa shape index (κ2) is 5.42. The van der Waals surface area contributed by atoms with Crippen LogP contribution in [-0.2, 0) is 13.1 Å². The summed E-state index contributed by atoms with van der Waals surface area (Å²) in [5, 5.41) is 0. The number of fused-ring (bicyclic) bond motifs is 1. The summed E-state index contributed by atoms with van der Waals surface area (Å²) in [6.07, 6.45) is 5.84. The van der Waals surface area contributed by atoms with Gasteiger partial charge in [-0.3, -0.25) is 14.1 Å². The Kier molecular flexibility index (Phi) is 3.27. The van der Waals surface area contributed by atoms with Crippen LogP contribution < -0.4 is 5.56 Å². The molecule has 3 heterocycles. The van der Waals surface area contributed by atoms with Crippen LogP contribution in [0.5, 0.6) is 0 Å². The molecule has 5 heteroatoms. The molecule has 3 aromatic rings. The van der Waals surface area contributed by atoms with Crippen molar-refractivity contribution in [3.8, 4) is 0 Å². The first-order valence-electron chi connectivity index (χ1n) is 7.53. The number of aromatic nitrogens is 2. The Labute approximate surface area is 127 Å². The molecule has 0 amide bonds. The van der Waals surface area contributed by atoms with Gasteiger partial charge in [0.25, 0.3) is 5.56 Å². The molecule has 0 aliphatic heterocycles. The summed E-state index contributed by atoms with van der Waals surface area (Å²) in [5.74, 6) is 0.949. The zero-order valence-corrected chi connectivity index (χ0v) is 12.2. The molecule has 4 rings (SSSR count). The number of pyridine rings is 1. The van der Waals surface area contributed by atoms with Crippen molar-refractivity contribution in [3.05, 3.63) is 70.7 Å². The van der Waals surface area contributed by atoms with Crippen LogP contribution in [-0.4, -0.2) is 20.3 Å². The summed E-state index contributed by atoms with van der Waals surface area (Å²) in [5.41, 5.74) is 1.47. The third-order valence-electron chi connectivity index (χ3n) is 3.99. The van der Waals surface area contributed by atoms with Crippen LogP contribution in [0.15, 0.2) is 58.1 Å². The Morgan fingerprint density at radius 1 is 1.23 bits per heavy atom. The molecule has 0 radical (unpaired) electrons. The third kappa shape index (κ3) is 2.67. The van der Waals surface area contributed by atoms with Gasteiger partial charge in [-0.1, -0.05) is 6.07 Å². The fourth-order valence-corrected chi connectivity index (χ4v) is 2.75. The zero-order valence-electron chi connectivity index (χ0n) is 12.2. The van der Waals surface area contributed by atoms with E-state index in [0.29, 0.717) is 18.2 Å². The Hall–Kier alpha value is -2.40. The maximum Gasteiger partial charge on any atom is 0.258 e. The van der Waals surface area contributed by atoms with Gasteiger partial charge in [0.1, 0.15) is 11.4 Å². The minimum atomic E-state index is -0.0330. The molecule has 0 unspecified atom stereocenters. The first kappa shape index (κ1) is 13.3. The van der Waals surface area contributed by atoms with E-state index in [0.717, 1.165) is 18.0 Å². The van der Waals surface area contributed by atoms with E-state index in [1.54, 1.807) is 22.9 Å². The van der Waals surface area contributed by atoms with Gasteiger partial charge >= 0.3 is 0 Å². The average molecular weight is 295 g/mol. The predicted molar refractivity (Wildman–Crippen MR) is 82.4 cm³/mol. The van der Waals surface area contributed by atoms with Crippen LogP contribution >= 0.6 is 0 Å². The van der Waals surface area contributed by atoms with Gasteiger partial charge in [-0.15, -0.1) is 0 Å². The standard InChI is InChI=1S/C17H17N3O2/c21-17-10-13(18-16-5-1-2-8-20(16)17)11-19(14-6-7-14)12-15-4-3-9-22-15/h1-5,8-10,14H,6-7,11-12H2. The van der Waals surface area contributed by atoms with Crippen LogP contribution in [0.25, 0.3) is 5.65 Å². The first-order valence-corrected chi connectivity index (χ1v) is 7.53. The van der Waals surface area contributed by atoms with Gasteiger partial charge in [-0.2, -0.15) is 0 Å². The summed E-state index contributed by atoms with van der Waals surface area (Å²) < 4.78 is 7.01. The maximum absolute atomic E-state index is 12.2. The highest BCUT2D eigenvalue weighted by Crippen LogP contribution is 2.29. The molecule has 3 aromatic heterocycles. The van der Waals surface area contributed by atoms with Gasteiger partial charge in [-0.25, -0.2) is 4.98 Å². The molecule has 1 saturated carbocycles. The smallest absolute Gasteiger partial charge is 0.258 e. The summed E-state index contributed by atoms with van der Waals surface area (Å²) >= 11 is 0. The first-order chi connectivity index (χ1) is 10.8. The lowest BCUT2D eigenvalue weighted by Gasteiger charge is -2.20. The van der Waals surface area contributed by atoms with Crippen molar-refractivity contribution in [2.24, 2.45) is 0 Å². The summed E-state index contributed by atoms with van der Waals surface area (Å²) in [7, 11) is 0.